The molecule has 14 heavy (non-hydrogen) atoms. The first-order valence-corrected chi connectivity index (χ1v) is 4.47. The standard InChI is InChI=1S/C10H12N2O2/c1-3-12-8-9(7-11-12)5-6-10(13)14-4-2/h7-8H,3-4H2,1-2H3. The summed E-state index contributed by atoms with van der Waals surface area (Å²) in [6, 6.07) is 0. The smallest absolute Gasteiger partial charge is 0.384 e. The van der Waals surface area contributed by atoms with Crippen molar-refractivity contribution in [3.05, 3.63) is 18.0 Å². The SMILES string of the molecule is CCOC(=O)C#Cc1cnn(CC)c1. The first kappa shape index (κ1) is 10.3. The van der Waals surface area contributed by atoms with Crippen molar-refractivity contribution in [3.63, 3.8) is 0 Å². The summed E-state index contributed by atoms with van der Waals surface area (Å²) < 4.78 is 6.40. The summed E-state index contributed by atoms with van der Waals surface area (Å²) in [5.41, 5.74) is 0.722. The molecule has 0 aliphatic carbocycles. The summed E-state index contributed by atoms with van der Waals surface area (Å²) >= 11 is 0. The third-order valence-electron chi connectivity index (χ3n) is 1.54. The Bertz CT molecular complexity index is 371. The number of ether oxygens (including phenoxy) is 1. The minimum absolute atomic E-state index is 0.349. The molecule has 4 nitrogen and oxygen atoms in total. The highest BCUT2D eigenvalue weighted by atomic mass is 16.5. The second kappa shape index (κ2) is 5.07. The number of aryl methyl sites for hydroxylation is 1. The van der Waals surface area contributed by atoms with E-state index in [9.17, 15) is 4.79 Å². The van der Waals surface area contributed by atoms with Crippen molar-refractivity contribution in [2.24, 2.45) is 0 Å². The quantitative estimate of drug-likeness (QED) is 0.514. The lowest BCUT2D eigenvalue weighted by molar-refractivity contribution is -0.136. The molecular formula is C10H12N2O2. The predicted octanol–water partition coefficient (Wildman–Crippen LogP) is 0.818. The van der Waals surface area contributed by atoms with Gasteiger partial charge in [-0.2, -0.15) is 5.10 Å². The zero-order valence-electron chi connectivity index (χ0n) is 8.28. The van der Waals surface area contributed by atoms with Gasteiger partial charge in [0.05, 0.1) is 18.4 Å². The molecule has 0 aromatic carbocycles. The van der Waals surface area contributed by atoms with Gasteiger partial charge >= 0.3 is 5.97 Å². The van der Waals surface area contributed by atoms with Crippen molar-refractivity contribution in [1.82, 2.24) is 9.78 Å². The monoisotopic (exact) mass is 192 g/mol. The van der Waals surface area contributed by atoms with E-state index in [1.54, 1.807) is 24.0 Å². The number of hydrogen-bond donors (Lipinski definition) is 0. The lowest BCUT2D eigenvalue weighted by Gasteiger charge is -1.90. The van der Waals surface area contributed by atoms with Crippen molar-refractivity contribution in [2.45, 2.75) is 20.4 Å². The van der Waals surface area contributed by atoms with Gasteiger partial charge in [-0.25, -0.2) is 4.79 Å². The molecule has 0 atom stereocenters. The topological polar surface area (TPSA) is 44.1 Å². The van der Waals surface area contributed by atoms with E-state index in [-0.39, 0.29) is 0 Å². The second-order valence-electron chi connectivity index (χ2n) is 2.56. The number of aromatic nitrogens is 2. The van der Waals surface area contributed by atoms with Crippen molar-refractivity contribution in [1.29, 1.82) is 0 Å². The van der Waals surface area contributed by atoms with Crippen LogP contribution in [-0.2, 0) is 16.1 Å². The zero-order chi connectivity index (χ0) is 10.4. The van der Waals surface area contributed by atoms with Gasteiger partial charge in [0, 0.05) is 18.7 Å². The molecule has 0 bridgehead atoms. The molecule has 74 valence electrons. The highest BCUT2D eigenvalue weighted by Gasteiger charge is 1.95. The largest absolute Gasteiger partial charge is 0.456 e. The molecule has 1 heterocycles. The molecule has 1 aromatic rings. The van der Waals surface area contributed by atoms with Crippen LogP contribution in [0.25, 0.3) is 0 Å². The number of carbonyl (C=O) groups excluding carboxylic acids is 1. The van der Waals surface area contributed by atoms with Crippen molar-refractivity contribution >= 4 is 5.97 Å². The minimum Gasteiger partial charge on any atom is -0.456 e. The maximum absolute atomic E-state index is 10.9. The van der Waals surface area contributed by atoms with E-state index >= 15 is 0 Å². The van der Waals surface area contributed by atoms with E-state index in [1.165, 1.54) is 0 Å². The highest BCUT2D eigenvalue weighted by molar-refractivity contribution is 5.89. The van der Waals surface area contributed by atoms with E-state index < -0.39 is 5.97 Å². The maximum atomic E-state index is 10.9. The van der Waals surface area contributed by atoms with Gasteiger partial charge in [0.2, 0.25) is 0 Å². The third-order valence-corrected chi connectivity index (χ3v) is 1.54. The van der Waals surface area contributed by atoms with E-state index in [1.807, 2.05) is 6.92 Å². The molecule has 0 radical (unpaired) electrons. The highest BCUT2D eigenvalue weighted by Crippen LogP contribution is 1.94. The molecule has 1 aromatic heterocycles. The van der Waals surface area contributed by atoms with E-state index in [2.05, 4.69) is 21.7 Å². The molecule has 0 unspecified atom stereocenters. The molecule has 1 rings (SSSR count). The fraction of sp³-hybridized carbons (Fsp3) is 0.400. The second-order valence-corrected chi connectivity index (χ2v) is 2.56. The molecular weight excluding hydrogens is 180 g/mol. The molecule has 0 N–H and O–H groups in total. The van der Waals surface area contributed by atoms with Gasteiger partial charge in [-0.1, -0.05) is 5.92 Å². The van der Waals surface area contributed by atoms with Crippen LogP contribution in [-0.4, -0.2) is 22.4 Å². The van der Waals surface area contributed by atoms with Crippen LogP contribution in [0, 0.1) is 11.8 Å². The van der Waals surface area contributed by atoms with Gasteiger partial charge in [0.15, 0.2) is 0 Å². The van der Waals surface area contributed by atoms with Gasteiger partial charge in [-0.15, -0.1) is 0 Å². The molecule has 0 spiro atoms. The number of carbonyl (C=O) groups is 1. The number of nitrogens with zero attached hydrogens (tertiary/aromatic N) is 2. The summed E-state index contributed by atoms with van der Waals surface area (Å²) in [7, 11) is 0. The summed E-state index contributed by atoms with van der Waals surface area (Å²) in [5.74, 6) is 4.55. The van der Waals surface area contributed by atoms with Crippen LogP contribution in [0.15, 0.2) is 12.4 Å². The van der Waals surface area contributed by atoms with Gasteiger partial charge < -0.3 is 4.74 Å². The van der Waals surface area contributed by atoms with Gasteiger partial charge in [-0.05, 0) is 13.8 Å². The Hall–Kier alpha value is -1.76. The normalized spacial score (nSPS) is 9.00. The first-order chi connectivity index (χ1) is 6.76. The van der Waals surface area contributed by atoms with Gasteiger partial charge in [-0.3, -0.25) is 4.68 Å². The Balaban J connectivity index is 2.62. The van der Waals surface area contributed by atoms with Crippen molar-refractivity contribution < 1.29 is 9.53 Å². The fourth-order valence-electron chi connectivity index (χ4n) is 0.891. The summed E-state index contributed by atoms with van der Waals surface area (Å²) in [6.07, 6.45) is 3.40. The van der Waals surface area contributed by atoms with E-state index in [0.29, 0.717) is 6.61 Å². The Labute approximate surface area is 82.9 Å². The zero-order valence-corrected chi connectivity index (χ0v) is 8.28. The van der Waals surface area contributed by atoms with E-state index in [4.69, 9.17) is 0 Å². The van der Waals surface area contributed by atoms with Crippen LogP contribution >= 0.6 is 0 Å². The van der Waals surface area contributed by atoms with E-state index in [0.717, 1.165) is 12.1 Å². The Morgan fingerprint density at radius 1 is 1.64 bits per heavy atom. The van der Waals surface area contributed by atoms with Crippen LogP contribution in [0.3, 0.4) is 0 Å². The molecule has 0 fully saturated rings. The van der Waals surface area contributed by atoms with Crippen molar-refractivity contribution in [3.8, 4) is 11.8 Å². The fourth-order valence-corrected chi connectivity index (χ4v) is 0.891. The average molecular weight is 192 g/mol. The average Bonchev–Trinajstić information content (AvgIpc) is 2.63. The summed E-state index contributed by atoms with van der Waals surface area (Å²) in [4.78, 5) is 10.9. The summed E-state index contributed by atoms with van der Waals surface area (Å²) in [5, 5.41) is 4.02. The summed E-state index contributed by atoms with van der Waals surface area (Å²) in [6.45, 7) is 4.87. The van der Waals surface area contributed by atoms with Crippen molar-refractivity contribution in [2.75, 3.05) is 6.61 Å². The minimum atomic E-state index is -0.503. The van der Waals surface area contributed by atoms with Crippen LogP contribution in [0.1, 0.15) is 19.4 Å². The van der Waals surface area contributed by atoms with Crippen LogP contribution in [0.4, 0.5) is 0 Å². The maximum Gasteiger partial charge on any atom is 0.384 e. The van der Waals surface area contributed by atoms with Crippen LogP contribution in [0.2, 0.25) is 0 Å². The Kier molecular flexibility index (Phi) is 3.74. The molecule has 0 saturated carbocycles. The number of esters is 1. The van der Waals surface area contributed by atoms with Crippen LogP contribution in [0.5, 0.6) is 0 Å². The molecule has 0 aliphatic rings. The van der Waals surface area contributed by atoms with Gasteiger partial charge in [0.1, 0.15) is 0 Å². The molecule has 0 saturated heterocycles. The Morgan fingerprint density at radius 3 is 3.00 bits per heavy atom. The predicted molar refractivity (Wildman–Crippen MR) is 51.4 cm³/mol. The molecule has 0 amide bonds. The Morgan fingerprint density at radius 2 is 2.43 bits per heavy atom. The molecule has 0 aliphatic heterocycles. The number of rotatable bonds is 2. The lowest BCUT2D eigenvalue weighted by Crippen LogP contribution is -1.99. The van der Waals surface area contributed by atoms with Crippen LogP contribution < -0.4 is 0 Å². The third kappa shape index (κ3) is 2.94. The molecule has 4 heteroatoms. The number of hydrogen-bond acceptors (Lipinski definition) is 3. The first-order valence-electron chi connectivity index (χ1n) is 4.47. The van der Waals surface area contributed by atoms with Gasteiger partial charge in [0.25, 0.3) is 0 Å². The lowest BCUT2D eigenvalue weighted by atomic mass is 10.3.